The minimum atomic E-state index is -3.71. The Morgan fingerprint density at radius 3 is 2.58 bits per heavy atom. The molecule has 8 heteroatoms. The number of nitrogens with two attached hydrogens (primary N) is 1. The second kappa shape index (κ2) is 8.76. The molecule has 2 fully saturated rings. The lowest BCUT2D eigenvalue weighted by atomic mass is 9.99. The minimum absolute atomic E-state index is 0.151. The van der Waals surface area contributed by atoms with Gasteiger partial charge in [0.25, 0.3) is 0 Å². The highest BCUT2D eigenvalue weighted by molar-refractivity contribution is 7.89. The van der Waals surface area contributed by atoms with Crippen molar-refractivity contribution in [3.05, 3.63) is 59.3 Å². The highest BCUT2D eigenvalue weighted by Crippen LogP contribution is 2.36. The molecule has 2 aliphatic rings. The number of ether oxygens (including phenoxy) is 1. The summed E-state index contributed by atoms with van der Waals surface area (Å²) in [6.07, 6.45) is 4.65. The lowest BCUT2D eigenvalue weighted by Crippen LogP contribution is -2.48. The fourth-order valence-corrected chi connectivity index (χ4v) is 5.59. The molecule has 7 nitrogen and oxygen atoms in total. The molecule has 3 N–H and O–H groups in total. The average Bonchev–Trinajstić information content (AvgIpc) is 3.46. The molecular weight excluding hydrogens is 436 g/mol. The van der Waals surface area contributed by atoms with Crippen LogP contribution < -0.4 is 9.88 Å². The number of sulfonamides is 1. The van der Waals surface area contributed by atoms with Gasteiger partial charge in [0.2, 0.25) is 10.0 Å². The molecule has 0 radical (unpaired) electrons. The highest BCUT2D eigenvalue weighted by Gasteiger charge is 2.33. The maximum atomic E-state index is 11.7. The topological polar surface area (TPSA) is 91.7 Å². The molecule has 5 rings (SSSR count). The molecule has 33 heavy (non-hydrogen) atoms. The molecule has 2 heterocycles. The summed E-state index contributed by atoms with van der Waals surface area (Å²) in [6.45, 7) is 6.91. The number of nitrogens with one attached hydrogen (secondary N) is 1. The number of piperazine rings is 1. The standard InChI is InChI=1S/C25H32N4O3S/c1-17-13-24(32-2)22(21-9-10-27-25(17)21)15-29-12-11-28(14-18-3-4-18)16-23(29)19-5-7-20(8-6-19)33(26,30)31/h5-10,13,18,23,27H,3-4,11-12,14-16H2,1-2H3,(H2,26,30,31)/t23-/m0/s1. The number of nitrogens with zero attached hydrogens (tertiary/aromatic N) is 2. The predicted octanol–water partition coefficient (Wildman–Crippen LogP) is 3.40. The Morgan fingerprint density at radius 1 is 1.15 bits per heavy atom. The number of fused-ring (bicyclic) bond motifs is 1. The van der Waals surface area contributed by atoms with Gasteiger partial charge >= 0.3 is 0 Å². The third-order valence-electron chi connectivity index (χ3n) is 7.07. The summed E-state index contributed by atoms with van der Waals surface area (Å²) < 4.78 is 29.3. The average molecular weight is 469 g/mol. The summed E-state index contributed by atoms with van der Waals surface area (Å²) in [7, 11) is -1.98. The zero-order valence-corrected chi connectivity index (χ0v) is 20.1. The van der Waals surface area contributed by atoms with E-state index in [9.17, 15) is 8.42 Å². The number of hydrogen-bond donors (Lipinski definition) is 2. The summed E-state index contributed by atoms with van der Waals surface area (Å²) in [5.41, 5.74) is 4.60. The lowest BCUT2D eigenvalue weighted by Gasteiger charge is -2.42. The molecule has 176 valence electrons. The molecule has 1 aliphatic heterocycles. The van der Waals surface area contributed by atoms with Crippen LogP contribution in [0.15, 0.2) is 47.5 Å². The molecule has 1 atom stereocenters. The van der Waals surface area contributed by atoms with Gasteiger partial charge in [-0.3, -0.25) is 9.80 Å². The molecule has 2 aromatic carbocycles. The van der Waals surface area contributed by atoms with Gasteiger partial charge in [0.15, 0.2) is 0 Å². The largest absolute Gasteiger partial charge is 0.496 e. The van der Waals surface area contributed by atoms with E-state index < -0.39 is 10.0 Å². The van der Waals surface area contributed by atoms with Gasteiger partial charge in [-0.1, -0.05) is 12.1 Å². The molecule has 1 aromatic heterocycles. The van der Waals surface area contributed by atoms with Crippen molar-refractivity contribution in [1.82, 2.24) is 14.8 Å². The van der Waals surface area contributed by atoms with Gasteiger partial charge < -0.3 is 9.72 Å². The summed E-state index contributed by atoms with van der Waals surface area (Å²) in [5.74, 6) is 1.74. The first kappa shape index (κ1) is 22.4. The fourth-order valence-electron chi connectivity index (χ4n) is 5.08. The van der Waals surface area contributed by atoms with E-state index in [4.69, 9.17) is 9.88 Å². The highest BCUT2D eigenvalue weighted by atomic mass is 32.2. The Kier molecular flexibility index (Phi) is 5.95. The predicted molar refractivity (Wildman–Crippen MR) is 130 cm³/mol. The van der Waals surface area contributed by atoms with E-state index in [1.54, 1.807) is 19.2 Å². The number of aromatic nitrogens is 1. The van der Waals surface area contributed by atoms with Gasteiger partial charge in [-0.25, -0.2) is 13.6 Å². The molecule has 1 saturated heterocycles. The molecule has 0 amide bonds. The van der Waals surface area contributed by atoms with Crippen LogP contribution in [-0.2, 0) is 16.6 Å². The van der Waals surface area contributed by atoms with Crippen molar-refractivity contribution < 1.29 is 13.2 Å². The minimum Gasteiger partial charge on any atom is -0.496 e. The number of methoxy groups -OCH3 is 1. The van der Waals surface area contributed by atoms with E-state index in [-0.39, 0.29) is 10.9 Å². The van der Waals surface area contributed by atoms with E-state index in [0.717, 1.165) is 55.5 Å². The third-order valence-corrected chi connectivity index (χ3v) is 8.00. The van der Waals surface area contributed by atoms with Crippen molar-refractivity contribution in [2.75, 3.05) is 33.3 Å². The molecule has 1 aliphatic carbocycles. The van der Waals surface area contributed by atoms with Crippen LogP contribution in [-0.4, -0.2) is 56.5 Å². The zero-order chi connectivity index (χ0) is 23.2. The Labute approximate surface area is 195 Å². The number of primary sulfonamides is 1. The quantitative estimate of drug-likeness (QED) is 0.555. The number of rotatable bonds is 7. The van der Waals surface area contributed by atoms with Crippen molar-refractivity contribution in [1.29, 1.82) is 0 Å². The number of aryl methyl sites for hydroxylation is 1. The third kappa shape index (κ3) is 4.66. The summed E-state index contributed by atoms with van der Waals surface area (Å²) >= 11 is 0. The van der Waals surface area contributed by atoms with Gasteiger partial charge in [-0.15, -0.1) is 0 Å². The summed E-state index contributed by atoms with van der Waals surface area (Å²) in [4.78, 5) is 8.57. The van der Waals surface area contributed by atoms with E-state index in [1.807, 2.05) is 18.3 Å². The Morgan fingerprint density at radius 2 is 1.91 bits per heavy atom. The molecule has 1 saturated carbocycles. The normalized spacial score (nSPS) is 20.4. The first-order chi connectivity index (χ1) is 15.8. The number of hydrogen-bond acceptors (Lipinski definition) is 5. The Hall–Kier alpha value is -2.39. The Balaban J connectivity index is 1.48. The van der Waals surface area contributed by atoms with Gasteiger partial charge in [0.05, 0.1) is 12.0 Å². The van der Waals surface area contributed by atoms with Crippen LogP contribution in [0.5, 0.6) is 5.75 Å². The van der Waals surface area contributed by atoms with Crippen LogP contribution in [0.25, 0.3) is 10.9 Å². The number of aromatic amines is 1. The van der Waals surface area contributed by atoms with Crippen molar-refractivity contribution in [2.45, 2.75) is 37.2 Å². The van der Waals surface area contributed by atoms with Crippen LogP contribution in [0.4, 0.5) is 0 Å². The maximum Gasteiger partial charge on any atom is 0.238 e. The summed E-state index contributed by atoms with van der Waals surface area (Å²) in [6, 6.07) is 11.5. The fraction of sp³-hybridized carbons (Fsp3) is 0.440. The second-order valence-corrected chi connectivity index (χ2v) is 11.0. The Bertz CT molecular complexity index is 1250. The first-order valence-electron chi connectivity index (χ1n) is 11.6. The van der Waals surface area contributed by atoms with Crippen molar-refractivity contribution in [3.8, 4) is 5.75 Å². The van der Waals surface area contributed by atoms with Gasteiger partial charge in [-0.05, 0) is 61.1 Å². The van der Waals surface area contributed by atoms with E-state index in [0.29, 0.717) is 0 Å². The second-order valence-electron chi connectivity index (χ2n) is 9.44. The summed E-state index contributed by atoms with van der Waals surface area (Å²) in [5, 5.41) is 6.51. The van der Waals surface area contributed by atoms with Crippen molar-refractivity contribution in [2.24, 2.45) is 11.1 Å². The van der Waals surface area contributed by atoms with Crippen LogP contribution in [0.3, 0.4) is 0 Å². The van der Waals surface area contributed by atoms with E-state index in [1.165, 1.54) is 29.4 Å². The first-order valence-corrected chi connectivity index (χ1v) is 13.1. The molecule has 0 spiro atoms. The lowest BCUT2D eigenvalue weighted by molar-refractivity contribution is 0.0650. The van der Waals surface area contributed by atoms with Gasteiger partial charge in [-0.2, -0.15) is 0 Å². The zero-order valence-electron chi connectivity index (χ0n) is 19.3. The molecule has 3 aromatic rings. The number of benzene rings is 2. The van der Waals surface area contributed by atoms with Crippen LogP contribution >= 0.6 is 0 Å². The van der Waals surface area contributed by atoms with Crippen LogP contribution in [0.2, 0.25) is 0 Å². The van der Waals surface area contributed by atoms with Gasteiger partial charge in [0.1, 0.15) is 5.75 Å². The van der Waals surface area contributed by atoms with Crippen molar-refractivity contribution in [3.63, 3.8) is 0 Å². The van der Waals surface area contributed by atoms with E-state index in [2.05, 4.69) is 33.8 Å². The number of H-pyrrole nitrogens is 1. The SMILES string of the molecule is COc1cc(C)c2[nH]ccc2c1CN1CCN(CC2CC2)C[C@H]1c1ccc(S(N)(=O)=O)cc1. The molecular formula is C25H32N4O3S. The van der Waals surface area contributed by atoms with E-state index >= 15 is 0 Å². The van der Waals surface area contributed by atoms with Crippen molar-refractivity contribution >= 4 is 20.9 Å². The molecule has 0 unspecified atom stereocenters. The van der Waals surface area contributed by atoms with Gasteiger partial charge in [0, 0.05) is 61.4 Å². The smallest absolute Gasteiger partial charge is 0.238 e. The van der Waals surface area contributed by atoms with Crippen LogP contribution in [0.1, 0.15) is 35.6 Å². The molecule has 0 bridgehead atoms. The monoisotopic (exact) mass is 468 g/mol. The maximum absolute atomic E-state index is 11.7. The van der Waals surface area contributed by atoms with Crippen LogP contribution in [0, 0.1) is 12.8 Å².